The fraction of sp³-hybridized carbons (Fsp3) is 0.290. The van der Waals surface area contributed by atoms with Crippen LogP contribution in [0.25, 0.3) is 10.8 Å². The minimum Gasteiger partial charge on any atom is -0.492 e. The number of hydrogen-bond acceptors (Lipinski definition) is 8. The van der Waals surface area contributed by atoms with Crippen LogP contribution < -0.4 is 25.4 Å². The highest BCUT2D eigenvalue weighted by atomic mass is 32.2. The first kappa shape index (κ1) is 30.4. The number of nitrogens with zero attached hydrogens (tertiary/aromatic N) is 1. The second-order valence-corrected chi connectivity index (χ2v) is 13.1. The number of dihydropyridines is 1. The molecule has 3 aromatic rings. The van der Waals surface area contributed by atoms with E-state index in [1.165, 1.54) is 7.11 Å². The molecule has 0 aliphatic carbocycles. The van der Waals surface area contributed by atoms with Crippen molar-refractivity contribution in [3.8, 4) is 5.75 Å². The molecule has 0 saturated heterocycles. The smallest absolute Gasteiger partial charge is 0.296 e. The van der Waals surface area contributed by atoms with E-state index in [4.69, 9.17) is 4.74 Å². The fourth-order valence-electron chi connectivity index (χ4n) is 4.61. The highest BCUT2D eigenvalue weighted by Crippen LogP contribution is 2.39. The number of anilines is 3. The second-order valence-electron chi connectivity index (χ2n) is 11.3. The third-order valence-electron chi connectivity index (χ3n) is 6.74. The zero-order valence-electron chi connectivity index (χ0n) is 24.9. The third-order valence-corrected chi connectivity index (χ3v) is 7.33. The van der Waals surface area contributed by atoms with Gasteiger partial charge in [-0.2, -0.15) is 0 Å². The molecular formula is C31H37N5O5S. The summed E-state index contributed by atoms with van der Waals surface area (Å²) in [5, 5.41) is 10.8. The van der Waals surface area contributed by atoms with E-state index in [0.717, 1.165) is 34.4 Å². The normalized spacial score (nSPS) is 13.4. The zero-order valence-corrected chi connectivity index (χ0v) is 25.7. The number of fused-ring (bicyclic) bond motifs is 1. The molecular weight excluding hydrogens is 554 g/mol. The minimum atomic E-state index is -3.65. The molecule has 0 unspecified atom stereocenters. The maximum atomic E-state index is 13.6. The molecule has 0 aromatic heterocycles. The van der Waals surface area contributed by atoms with Crippen molar-refractivity contribution in [1.29, 1.82) is 0 Å². The summed E-state index contributed by atoms with van der Waals surface area (Å²) in [4.78, 5) is 28.9. The summed E-state index contributed by atoms with van der Waals surface area (Å²) in [6.07, 6.45) is 5.05. The Hall–Kier alpha value is -4.51. The van der Waals surface area contributed by atoms with Crippen LogP contribution in [0.5, 0.6) is 5.75 Å². The maximum absolute atomic E-state index is 13.6. The number of allylic oxidation sites excluding steroid dienone is 1. The van der Waals surface area contributed by atoms with Crippen LogP contribution in [-0.4, -0.2) is 59.0 Å². The first-order valence-corrected chi connectivity index (χ1v) is 15.2. The van der Waals surface area contributed by atoms with Crippen molar-refractivity contribution in [3.63, 3.8) is 0 Å². The van der Waals surface area contributed by atoms with Crippen molar-refractivity contribution in [2.45, 2.75) is 26.2 Å². The summed E-state index contributed by atoms with van der Waals surface area (Å²) in [7, 11) is 1.63. The van der Waals surface area contributed by atoms with Crippen LogP contribution in [0.1, 0.15) is 36.7 Å². The Balaban J connectivity index is 1.69. The van der Waals surface area contributed by atoms with Crippen LogP contribution in [0.4, 0.5) is 17.1 Å². The number of ether oxygens (including phenoxy) is 1. The van der Waals surface area contributed by atoms with Crippen LogP contribution in [0.15, 0.2) is 72.2 Å². The molecule has 42 heavy (non-hydrogen) atoms. The Morgan fingerprint density at radius 1 is 0.976 bits per heavy atom. The zero-order chi connectivity index (χ0) is 30.8. The highest BCUT2D eigenvalue weighted by Gasteiger charge is 2.25. The minimum absolute atomic E-state index is 0.0966. The van der Waals surface area contributed by atoms with Crippen LogP contribution in [0, 0.1) is 0 Å². The molecule has 1 aliphatic heterocycles. The number of carbonyl (C=O) groups is 2. The maximum Gasteiger partial charge on any atom is 0.296 e. The van der Waals surface area contributed by atoms with Gasteiger partial charge in [-0.3, -0.25) is 14.3 Å². The first-order valence-electron chi connectivity index (χ1n) is 13.4. The molecule has 0 bridgehead atoms. The number of benzene rings is 3. The van der Waals surface area contributed by atoms with Gasteiger partial charge in [-0.25, -0.2) is 8.42 Å². The first-order chi connectivity index (χ1) is 19.7. The van der Waals surface area contributed by atoms with Crippen LogP contribution in [0.2, 0.25) is 0 Å². The van der Waals surface area contributed by atoms with Crippen molar-refractivity contribution in [2.75, 3.05) is 49.4 Å². The van der Waals surface area contributed by atoms with Crippen molar-refractivity contribution < 1.29 is 22.7 Å². The van der Waals surface area contributed by atoms with Gasteiger partial charge in [0.2, 0.25) is 10.0 Å². The molecule has 10 nitrogen and oxygen atoms in total. The van der Waals surface area contributed by atoms with Crippen LogP contribution >= 0.6 is 0 Å². The molecule has 1 amide bonds. The van der Waals surface area contributed by atoms with Gasteiger partial charge >= 0.3 is 0 Å². The SMILES string of the molecule is COc1c(NC(=O)C(=O)c2ccc(NC3=CCNC(N(C)C)=C3)c3ccccc23)cc(C(C)(C)C)cc1NS(C)(=O)=O. The number of amides is 1. The van der Waals surface area contributed by atoms with Gasteiger partial charge in [0.05, 0.1) is 24.7 Å². The van der Waals surface area contributed by atoms with Crippen molar-refractivity contribution in [1.82, 2.24) is 10.2 Å². The molecule has 222 valence electrons. The van der Waals surface area contributed by atoms with Gasteiger partial charge in [-0.1, -0.05) is 45.0 Å². The van der Waals surface area contributed by atoms with Crippen molar-refractivity contribution >= 4 is 49.5 Å². The van der Waals surface area contributed by atoms with E-state index in [0.29, 0.717) is 11.9 Å². The van der Waals surface area contributed by atoms with Gasteiger partial charge in [-0.05, 0) is 46.7 Å². The quantitative estimate of drug-likeness (QED) is 0.209. The summed E-state index contributed by atoms with van der Waals surface area (Å²) in [5.41, 5.74) is 2.61. The number of ketones is 1. The Morgan fingerprint density at radius 2 is 1.64 bits per heavy atom. The number of nitrogens with one attached hydrogen (secondary N) is 4. The number of carbonyl (C=O) groups excluding carboxylic acids is 2. The molecule has 11 heteroatoms. The lowest BCUT2D eigenvalue weighted by molar-refractivity contribution is -0.112. The molecule has 1 heterocycles. The average molecular weight is 592 g/mol. The molecule has 0 spiro atoms. The topological polar surface area (TPSA) is 129 Å². The molecule has 0 saturated carbocycles. The molecule has 3 aromatic carbocycles. The lowest BCUT2D eigenvalue weighted by atomic mass is 9.86. The molecule has 1 aliphatic rings. The van der Waals surface area contributed by atoms with Gasteiger partial charge in [0.25, 0.3) is 11.7 Å². The van der Waals surface area contributed by atoms with E-state index in [-0.39, 0.29) is 22.7 Å². The van der Waals surface area contributed by atoms with E-state index in [1.54, 1.807) is 30.3 Å². The number of methoxy groups -OCH3 is 1. The summed E-state index contributed by atoms with van der Waals surface area (Å²) in [6, 6.07) is 14.1. The van der Waals surface area contributed by atoms with E-state index >= 15 is 0 Å². The Kier molecular flexibility index (Phi) is 8.53. The monoisotopic (exact) mass is 591 g/mol. The average Bonchev–Trinajstić information content (AvgIpc) is 2.91. The van der Waals surface area contributed by atoms with Crippen molar-refractivity contribution in [3.05, 3.63) is 83.3 Å². The van der Waals surface area contributed by atoms with Gasteiger partial charge in [0.15, 0.2) is 5.75 Å². The standard InChI is InChI=1S/C31H37N5O5S/c1-31(2,3)19-16-25(29(41-6)26(17-19)35-42(7,39)40)34-30(38)28(37)23-12-13-24(22-11-9-8-10-21(22)23)33-20-14-15-32-27(18-20)36(4)5/h8-14,16-18,32-33,35H,15H2,1-7H3,(H,34,38). The molecule has 0 atom stereocenters. The Labute approximate surface area is 246 Å². The van der Waals surface area contributed by atoms with E-state index < -0.39 is 27.1 Å². The number of rotatable bonds is 9. The lowest BCUT2D eigenvalue weighted by Gasteiger charge is -2.24. The largest absolute Gasteiger partial charge is 0.492 e. The predicted molar refractivity (Wildman–Crippen MR) is 169 cm³/mol. The summed E-state index contributed by atoms with van der Waals surface area (Å²) in [6.45, 7) is 6.53. The summed E-state index contributed by atoms with van der Waals surface area (Å²) >= 11 is 0. The Bertz CT molecular complexity index is 1720. The highest BCUT2D eigenvalue weighted by molar-refractivity contribution is 7.92. The van der Waals surface area contributed by atoms with E-state index in [9.17, 15) is 18.0 Å². The van der Waals surface area contributed by atoms with Gasteiger partial charge in [-0.15, -0.1) is 0 Å². The lowest BCUT2D eigenvalue weighted by Crippen LogP contribution is -2.29. The number of Topliss-reactive ketones (excluding diaryl/α,β-unsaturated/α-hetero) is 1. The third kappa shape index (κ3) is 6.85. The van der Waals surface area contributed by atoms with Crippen molar-refractivity contribution in [2.24, 2.45) is 0 Å². The van der Waals surface area contributed by atoms with Crippen LogP contribution in [-0.2, 0) is 20.2 Å². The molecule has 0 radical (unpaired) electrons. The van der Waals surface area contributed by atoms with E-state index in [2.05, 4.69) is 20.7 Å². The molecule has 4 rings (SSSR count). The molecule has 4 N–H and O–H groups in total. The van der Waals surface area contributed by atoms with E-state index in [1.807, 2.05) is 70.1 Å². The number of sulfonamides is 1. The summed E-state index contributed by atoms with van der Waals surface area (Å²) in [5.74, 6) is -0.558. The molecule has 0 fully saturated rings. The van der Waals surface area contributed by atoms with Crippen LogP contribution in [0.3, 0.4) is 0 Å². The summed E-state index contributed by atoms with van der Waals surface area (Å²) < 4.78 is 32.0. The van der Waals surface area contributed by atoms with Gasteiger partial charge in [0, 0.05) is 49.1 Å². The predicted octanol–water partition coefficient (Wildman–Crippen LogP) is 4.64. The van der Waals surface area contributed by atoms with Gasteiger partial charge < -0.3 is 25.6 Å². The second kappa shape index (κ2) is 11.8. The van der Waals surface area contributed by atoms with Gasteiger partial charge in [0.1, 0.15) is 5.82 Å². The fourth-order valence-corrected chi connectivity index (χ4v) is 5.16. The number of hydrogen-bond donors (Lipinski definition) is 4. The Morgan fingerprint density at radius 3 is 2.26 bits per heavy atom.